The summed E-state index contributed by atoms with van der Waals surface area (Å²) in [5.74, 6) is 0.730. The molecule has 0 aliphatic rings. The summed E-state index contributed by atoms with van der Waals surface area (Å²) in [7, 11) is 3.02. The number of nitrogens with zero attached hydrogens (tertiary/aromatic N) is 2. The monoisotopic (exact) mass is 418 g/mol. The zero-order chi connectivity index (χ0) is 20.8. The van der Waals surface area contributed by atoms with E-state index in [1.54, 1.807) is 37.3 Å². The van der Waals surface area contributed by atoms with E-state index in [1.165, 1.54) is 26.4 Å². The second-order valence-electron chi connectivity index (χ2n) is 5.87. The third-order valence-corrected chi connectivity index (χ3v) is 4.76. The first kappa shape index (κ1) is 20.7. The molecule has 3 aromatic rings. The Hall–Kier alpha value is -3.07. The lowest BCUT2D eigenvalue weighted by molar-refractivity contribution is 0.101. The van der Waals surface area contributed by atoms with Gasteiger partial charge in [0.25, 0.3) is 11.1 Å². The van der Waals surface area contributed by atoms with Crippen LogP contribution >= 0.6 is 11.8 Å². The summed E-state index contributed by atoms with van der Waals surface area (Å²) in [6.07, 6.45) is -0.647. The van der Waals surface area contributed by atoms with Gasteiger partial charge in [0.2, 0.25) is 0 Å². The number of thioether (sulfide) groups is 1. The van der Waals surface area contributed by atoms with Crippen LogP contribution in [0.25, 0.3) is 0 Å². The first-order valence-corrected chi connectivity index (χ1v) is 9.63. The quantitative estimate of drug-likeness (QED) is 0.375. The van der Waals surface area contributed by atoms with Crippen LogP contribution in [0.3, 0.4) is 0 Å². The summed E-state index contributed by atoms with van der Waals surface area (Å²) < 4.78 is 35.1. The Morgan fingerprint density at radius 1 is 1.14 bits per heavy atom. The van der Waals surface area contributed by atoms with Crippen LogP contribution in [-0.2, 0) is 0 Å². The number of halogens is 1. The van der Waals surface area contributed by atoms with E-state index in [9.17, 15) is 9.18 Å². The molecule has 9 heteroatoms. The van der Waals surface area contributed by atoms with Gasteiger partial charge in [0, 0.05) is 6.07 Å². The van der Waals surface area contributed by atoms with Gasteiger partial charge >= 0.3 is 0 Å². The molecule has 0 spiro atoms. The average Bonchev–Trinajstić information content (AvgIpc) is 3.22. The predicted octanol–water partition coefficient (Wildman–Crippen LogP) is 4.34. The number of hydrogen-bond donors (Lipinski definition) is 0. The zero-order valence-corrected chi connectivity index (χ0v) is 16.9. The van der Waals surface area contributed by atoms with Crippen LogP contribution in [0.1, 0.15) is 29.3 Å². The van der Waals surface area contributed by atoms with Gasteiger partial charge in [-0.25, -0.2) is 4.39 Å². The highest BCUT2D eigenvalue weighted by Gasteiger charge is 2.19. The van der Waals surface area contributed by atoms with Gasteiger partial charge in [-0.2, -0.15) is 0 Å². The summed E-state index contributed by atoms with van der Waals surface area (Å²) in [6.45, 7) is 1.67. The predicted molar refractivity (Wildman–Crippen MR) is 104 cm³/mol. The topological polar surface area (TPSA) is 83.7 Å². The Kier molecular flexibility index (Phi) is 6.71. The second kappa shape index (κ2) is 9.42. The fourth-order valence-corrected chi connectivity index (χ4v) is 3.11. The molecular formula is C20H19FN2O5S. The number of ether oxygens (including phenoxy) is 3. The minimum absolute atomic E-state index is 0.0763. The van der Waals surface area contributed by atoms with Gasteiger partial charge in [0.15, 0.2) is 23.5 Å². The Morgan fingerprint density at radius 3 is 2.66 bits per heavy atom. The number of rotatable bonds is 9. The molecule has 0 amide bonds. The van der Waals surface area contributed by atoms with E-state index in [0.29, 0.717) is 17.1 Å². The van der Waals surface area contributed by atoms with Crippen molar-refractivity contribution < 1.29 is 27.8 Å². The molecule has 0 unspecified atom stereocenters. The third kappa shape index (κ3) is 5.05. The Morgan fingerprint density at radius 2 is 1.93 bits per heavy atom. The number of methoxy groups -OCH3 is 2. The molecule has 0 fully saturated rings. The van der Waals surface area contributed by atoms with Gasteiger partial charge in [0.05, 0.1) is 25.5 Å². The van der Waals surface area contributed by atoms with Crippen molar-refractivity contribution >= 4 is 17.5 Å². The lowest BCUT2D eigenvalue weighted by Gasteiger charge is -2.11. The molecule has 0 radical (unpaired) electrons. The fourth-order valence-electron chi connectivity index (χ4n) is 2.46. The highest BCUT2D eigenvalue weighted by molar-refractivity contribution is 7.99. The van der Waals surface area contributed by atoms with Crippen LogP contribution in [-0.4, -0.2) is 36.0 Å². The number of ketones is 1. The van der Waals surface area contributed by atoms with Gasteiger partial charge in [0.1, 0.15) is 11.5 Å². The molecule has 1 atom stereocenters. The van der Waals surface area contributed by atoms with Crippen LogP contribution in [0.15, 0.2) is 52.1 Å². The molecule has 2 aromatic carbocycles. The first-order valence-electron chi connectivity index (χ1n) is 8.64. The Bertz CT molecular complexity index is 995. The minimum atomic E-state index is -0.647. The molecule has 0 bridgehead atoms. The van der Waals surface area contributed by atoms with Crippen molar-refractivity contribution in [3.05, 3.63) is 59.7 Å². The molecule has 0 aliphatic heterocycles. The zero-order valence-electron chi connectivity index (χ0n) is 16.0. The van der Waals surface area contributed by atoms with Crippen LogP contribution in [0, 0.1) is 5.82 Å². The van der Waals surface area contributed by atoms with Crippen LogP contribution in [0.4, 0.5) is 4.39 Å². The van der Waals surface area contributed by atoms with Gasteiger partial charge in [-0.1, -0.05) is 23.9 Å². The molecule has 0 aliphatic carbocycles. The van der Waals surface area contributed by atoms with Crippen LogP contribution in [0.2, 0.25) is 0 Å². The van der Waals surface area contributed by atoms with Gasteiger partial charge < -0.3 is 18.6 Å². The van der Waals surface area contributed by atoms with E-state index >= 15 is 0 Å². The van der Waals surface area contributed by atoms with Gasteiger partial charge in [-0.15, -0.1) is 10.2 Å². The number of benzene rings is 2. The molecule has 0 saturated carbocycles. The van der Waals surface area contributed by atoms with E-state index in [1.807, 2.05) is 0 Å². The van der Waals surface area contributed by atoms with Crippen molar-refractivity contribution in [3.63, 3.8) is 0 Å². The fraction of sp³-hybridized carbons (Fsp3) is 0.250. The van der Waals surface area contributed by atoms with Gasteiger partial charge in [-0.05, 0) is 31.2 Å². The largest absolute Gasteiger partial charge is 0.497 e. The minimum Gasteiger partial charge on any atom is -0.497 e. The van der Waals surface area contributed by atoms with Crippen molar-refractivity contribution in [2.24, 2.45) is 0 Å². The maximum atomic E-state index is 13.7. The number of para-hydroxylation sites is 1. The third-order valence-electron chi connectivity index (χ3n) is 3.95. The van der Waals surface area contributed by atoms with E-state index in [2.05, 4.69) is 10.2 Å². The molecule has 152 valence electrons. The summed E-state index contributed by atoms with van der Waals surface area (Å²) in [5, 5.41) is 8.03. The molecule has 0 saturated heterocycles. The maximum Gasteiger partial charge on any atom is 0.277 e. The molecule has 29 heavy (non-hydrogen) atoms. The molecule has 3 rings (SSSR count). The summed E-state index contributed by atoms with van der Waals surface area (Å²) >= 11 is 1.09. The molecule has 1 aromatic heterocycles. The average molecular weight is 418 g/mol. The first-order chi connectivity index (χ1) is 14.0. The SMILES string of the molecule is COc1ccc(C(=O)CSc2nnc([C@@H](C)Oc3ccccc3F)o2)c(OC)c1. The molecule has 1 heterocycles. The standard InChI is InChI=1S/C20H19FN2O5S/c1-12(27-17-7-5-4-6-15(17)21)19-22-23-20(28-19)29-11-16(24)14-9-8-13(25-2)10-18(14)26-3/h4-10,12H,11H2,1-3H3/t12-/m1/s1. The Labute approximate surface area is 171 Å². The van der Waals surface area contributed by atoms with E-state index < -0.39 is 11.9 Å². The number of carbonyl (C=O) groups excluding carboxylic acids is 1. The van der Waals surface area contributed by atoms with Crippen LogP contribution in [0.5, 0.6) is 17.2 Å². The van der Waals surface area contributed by atoms with Crippen molar-refractivity contribution in [2.75, 3.05) is 20.0 Å². The number of Topliss-reactive ketones (excluding diaryl/α,β-unsaturated/α-hetero) is 1. The summed E-state index contributed by atoms with van der Waals surface area (Å²) in [4.78, 5) is 12.5. The van der Waals surface area contributed by atoms with Gasteiger partial charge in [-0.3, -0.25) is 4.79 Å². The summed E-state index contributed by atoms with van der Waals surface area (Å²) in [6, 6.07) is 11.0. The summed E-state index contributed by atoms with van der Waals surface area (Å²) in [5.41, 5.74) is 0.428. The highest BCUT2D eigenvalue weighted by atomic mass is 32.2. The maximum absolute atomic E-state index is 13.7. The smallest absolute Gasteiger partial charge is 0.277 e. The molecule has 0 N–H and O–H groups in total. The van der Waals surface area contributed by atoms with E-state index in [0.717, 1.165) is 11.8 Å². The van der Waals surface area contributed by atoms with Crippen molar-refractivity contribution in [1.29, 1.82) is 0 Å². The van der Waals surface area contributed by atoms with E-state index in [-0.39, 0.29) is 28.4 Å². The molecular weight excluding hydrogens is 399 g/mol. The lowest BCUT2D eigenvalue weighted by atomic mass is 10.1. The van der Waals surface area contributed by atoms with Crippen molar-refractivity contribution in [3.8, 4) is 17.2 Å². The Balaban J connectivity index is 1.62. The molecule has 7 nitrogen and oxygen atoms in total. The number of hydrogen-bond acceptors (Lipinski definition) is 8. The van der Waals surface area contributed by atoms with Crippen molar-refractivity contribution in [2.45, 2.75) is 18.3 Å². The number of carbonyl (C=O) groups is 1. The lowest BCUT2D eigenvalue weighted by Crippen LogP contribution is -2.05. The van der Waals surface area contributed by atoms with Crippen LogP contribution < -0.4 is 14.2 Å². The number of aromatic nitrogens is 2. The highest BCUT2D eigenvalue weighted by Crippen LogP contribution is 2.28. The van der Waals surface area contributed by atoms with Crippen molar-refractivity contribution in [1.82, 2.24) is 10.2 Å². The second-order valence-corrected chi connectivity index (χ2v) is 6.80. The van der Waals surface area contributed by atoms with E-state index in [4.69, 9.17) is 18.6 Å². The normalized spacial score (nSPS) is 11.7.